The summed E-state index contributed by atoms with van der Waals surface area (Å²) >= 11 is 0. The van der Waals surface area contributed by atoms with Crippen LogP contribution in [-0.4, -0.2) is 31.3 Å². The Labute approximate surface area is 139 Å². The zero-order valence-electron chi connectivity index (χ0n) is 12.9. The van der Waals surface area contributed by atoms with Gasteiger partial charge in [-0.25, -0.2) is 9.59 Å². The minimum atomic E-state index is -0.807. The predicted molar refractivity (Wildman–Crippen MR) is 87.1 cm³/mol. The Hall–Kier alpha value is -3.02. The van der Waals surface area contributed by atoms with Crippen molar-refractivity contribution in [3.05, 3.63) is 54.6 Å². The summed E-state index contributed by atoms with van der Waals surface area (Å²) in [6, 6.07) is 17.0. The van der Waals surface area contributed by atoms with Crippen LogP contribution in [0.1, 0.15) is 6.42 Å². The first-order chi connectivity index (χ1) is 11.7. The number of carbonyl (C=O) groups is 2. The van der Waals surface area contributed by atoms with E-state index in [2.05, 4.69) is 5.32 Å². The zero-order chi connectivity index (χ0) is 16.8. The van der Waals surface area contributed by atoms with Gasteiger partial charge in [0.05, 0.1) is 6.61 Å². The van der Waals surface area contributed by atoms with Gasteiger partial charge < -0.3 is 19.5 Å². The molecule has 1 unspecified atom stereocenters. The van der Waals surface area contributed by atoms with Crippen LogP contribution in [0.3, 0.4) is 0 Å². The lowest BCUT2D eigenvalue weighted by atomic mass is 10.2. The van der Waals surface area contributed by atoms with Crippen molar-refractivity contribution in [2.45, 2.75) is 12.5 Å². The Morgan fingerprint density at radius 3 is 2.46 bits per heavy atom. The molecule has 1 aliphatic heterocycles. The van der Waals surface area contributed by atoms with Gasteiger partial charge in [-0.2, -0.15) is 0 Å². The van der Waals surface area contributed by atoms with Crippen LogP contribution in [0.25, 0.3) is 0 Å². The molecule has 0 aliphatic carbocycles. The van der Waals surface area contributed by atoms with Crippen LogP contribution in [0.4, 0.5) is 11.4 Å². The molecule has 1 heterocycles. The molecule has 2 aromatic rings. The second-order valence-corrected chi connectivity index (χ2v) is 5.24. The van der Waals surface area contributed by atoms with E-state index >= 15 is 0 Å². The van der Waals surface area contributed by atoms with Gasteiger partial charge in [0.25, 0.3) is 0 Å². The average molecular weight is 327 g/mol. The van der Waals surface area contributed by atoms with Gasteiger partial charge in [-0.3, -0.25) is 0 Å². The number of carbonyl (C=O) groups excluding carboxylic acids is 2. The highest BCUT2D eigenvalue weighted by molar-refractivity contribution is 5.81. The third kappa shape index (κ3) is 4.25. The molecule has 0 radical (unpaired) electrons. The lowest BCUT2D eigenvalue weighted by Crippen LogP contribution is -2.26. The standard InChI is InChI=1S/C18H17NO5/c20-17(24-16-10-11-22-18(16)21)12-23-15-8-6-14(7-9-15)19-13-4-2-1-3-5-13/h1-9,16,19H,10-12H2. The molecule has 0 aromatic heterocycles. The highest BCUT2D eigenvalue weighted by Gasteiger charge is 2.30. The van der Waals surface area contributed by atoms with E-state index < -0.39 is 18.0 Å². The highest BCUT2D eigenvalue weighted by Crippen LogP contribution is 2.20. The van der Waals surface area contributed by atoms with E-state index in [1.54, 1.807) is 12.1 Å². The molecule has 24 heavy (non-hydrogen) atoms. The number of hydrogen-bond acceptors (Lipinski definition) is 6. The number of cyclic esters (lactones) is 1. The molecule has 6 nitrogen and oxygen atoms in total. The van der Waals surface area contributed by atoms with Crippen molar-refractivity contribution in [3.8, 4) is 5.75 Å². The summed E-state index contributed by atoms with van der Waals surface area (Å²) in [6.45, 7) is 0.0305. The summed E-state index contributed by atoms with van der Waals surface area (Å²) in [7, 11) is 0. The quantitative estimate of drug-likeness (QED) is 0.822. The monoisotopic (exact) mass is 327 g/mol. The van der Waals surface area contributed by atoms with E-state index in [-0.39, 0.29) is 13.2 Å². The van der Waals surface area contributed by atoms with Crippen LogP contribution in [0.15, 0.2) is 54.6 Å². The fourth-order valence-corrected chi connectivity index (χ4v) is 2.24. The molecule has 1 fully saturated rings. The van der Waals surface area contributed by atoms with Crippen LogP contribution >= 0.6 is 0 Å². The van der Waals surface area contributed by atoms with E-state index in [0.29, 0.717) is 12.2 Å². The van der Waals surface area contributed by atoms with Gasteiger partial charge in [-0.15, -0.1) is 0 Å². The van der Waals surface area contributed by atoms with E-state index in [9.17, 15) is 9.59 Å². The Morgan fingerprint density at radius 2 is 1.79 bits per heavy atom. The Balaban J connectivity index is 1.47. The Kier molecular flexibility index (Phi) is 4.96. The number of para-hydroxylation sites is 1. The maximum Gasteiger partial charge on any atom is 0.347 e. The molecular weight excluding hydrogens is 310 g/mol. The molecule has 3 rings (SSSR count). The fourth-order valence-electron chi connectivity index (χ4n) is 2.24. The molecule has 2 aromatic carbocycles. The minimum absolute atomic E-state index is 0.255. The van der Waals surface area contributed by atoms with Crippen molar-refractivity contribution in [3.63, 3.8) is 0 Å². The SMILES string of the molecule is O=C(COc1ccc(Nc2ccccc2)cc1)OC1CCOC1=O. The fraction of sp³-hybridized carbons (Fsp3) is 0.222. The van der Waals surface area contributed by atoms with E-state index in [1.807, 2.05) is 42.5 Å². The van der Waals surface area contributed by atoms with Crippen LogP contribution in [0, 0.1) is 0 Å². The number of esters is 2. The molecule has 1 atom stereocenters. The van der Waals surface area contributed by atoms with Crippen molar-refractivity contribution in [1.29, 1.82) is 0 Å². The zero-order valence-corrected chi connectivity index (χ0v) is 12.9. The Morgan fingerprint density at radius 1 is 1.08 bits per heavy atom. The number of rotatable bonds is 6. The van der Waals surface area contributed by atoms with Crippen LogP contribution < -0.4 is 10.1 Å². The molecule has 0 saturated carbocycles. The molecule has 0 spiro atoms. The minimum Gasteiger partial charge on any atom is -0.482 e. The second kappa shape index (κ2) is 7.50. The summed E-state index contributed by atoms with van der Waals surface area (Å²) < 4.78 is 15.1. The number of anilines is 2. The normalized spacial score (nSPS) is 16.3. The molecule has 1 N–H and O–H groups in total. The third-order valence-corrected chi connectivity index (χ3v) is 3.43. The number of benzene rings is 2. The first-order valence-electron chi connectivity index (χ1n) is 7.62. The third-order valence-electron chi connectivity index (χ3n) is 3.43. The summed E-state index contributed by atoms with van der Waals surface area (Å²) in [5, 5.41) is 3.25. The van der Waals surface area contributed by atoms with Gasteiger partial charge in [0, 0.05) is 17.8 Å². The smallest absolute Gasteiger partial charge is 0.347 e. The number of hydrogen-bond donors (Lipinski definition) is 1. The summed E-state index contributed by atoms with van der Waals surface area (Å²) in [5.41, 5.74) is 1.89. The number of nitrogens with one attached hydrogen (secondary N) is 1. The largest absolute Gasteiger partial charge is 0.482 e. The van der Waals surface area contributed by atoms with Crippen molar-refractivity contribution in [1.82, 2.24) is 0 Å². The molecule has 1 saturated heterocycles. The summed E-state index contributed by atoms with van der Waals surface area (Å²) in [6.07, 6.45) is -0.414. The van der Waals surface area contributed by atoms with Gasteiger partial charge in [0.2, 0.25) is 6.10 Å². The summed E-state index contributed by atoms with van der Waals surface area (Å²) in [4.78, 5) is 22.9. The van der Waals surface area contributed by atoms with E-state index in [4.69, 9.17) is 14.2 Å². The molecule has 1 aliphatic rings. The van der Waals surface area contributed by atoms with Gasteiger partial charge >= 0.3 is 11.9 Å². The predicted octanol–water partition coefficient (Wildman–Crippen LogP) is 2.67. The molecule has 0 amide bonds. The molecule has 6 heteroatoms. The van der Waals surface area contributed by atoms with Gasteiger partial charge in [-0.05, 0) is 36.4 Å². The second-order valence-electron chi connectivity index (χ2n) is 5.24. The first-order valence-corrected chi connectivity index (χ1v) is 7.62. The van der Waals surface area contributed by atoms with Gasteiger partial charge in [-0.1, -0.05) is 18.2 Å². The first kappa shape index (κ1) is 15.9. The molecule has 124 valence electrons. The van der Waals surface area contributed by atoms with Crippen molar-refractivity contribution in [2.24, 2.45) is 0 Å². The van der Waals surface area contributed by atoms with Crippen molar-refractivity contribution >= 4 is 23.3 Å². The van der Waals surface area contributed by atoms with Crippen LogP contribution in [-0.2, 0) is 19.1 Å². The van der Waals surface area contributed by atoms with Crippen molar-refractivity contribution < 1.29 is 23.8 Å². The highest BCUT2D eigenvalue weighted by atomic mass is 16.6. The van der Waals surface area contributed by atoms with Crippen LogP contribution in [0.5, 0.6) is 5.75 Å². The molecular formula is C18H17NO5. The van der Waals surface area contributed by atoms with Crippen LogP contribution in [0.2, 0.25) is 0 Å². The van der Waals surface area contributed by atoms with Gasteiger partial charge in [0.1, 0.15) is 5.75 Å². The van der Waals surface area contributed by atoms with Crippen molar-refractivity contribution in [2.75, 3.05) is 18.5 Å². The maximum atomic E-state index is 11.7. The summed E-state index contributed by atoms with van der Waals surface area (Å²) in [5.74, 6) is -0.551. The molecule has 0 bridgehead atoms. The number of ether oxygens (including phenoxy) is 3. The lowest BCUT2D eigenvalue weighted by Gasteiger charge is -2.10. The lowest BCUT2D eigenvalue weighted by molar-refractivity contribution is -0.161. The average Bonchev–Trinajstić information content (AvgIpc) is 3.00. The van der Waals surface area contributed by atoms with E-state index in [0.717, 1.165) is 11.4 Å². The van der Waals surface area contributed by atoms with Gasteiger partial charge in [0.15, 0.2) is 6.61 Å². The topological polar surface area (TPSA) is 73.9 Å². The Bertz CT molecular complexity index is 699. The maximum absolute atomic E-state index is 11.7. The van der Waals surface area contributed by atoms with E-state index in [1.165, 1.54) is 0 Å².